The molecule has 6 heteroatoms. The van der Waals surface area contributed by atoms with Gasteiger partial charge in [0.05, 0.1) is 6.42 Å². The molecule has 0 radical (unpaired) electrons. The van der Waals surface area contributed by atoms with Crippen LogP contribution in [-0.2, 0) is 9.59 Å². The van der Waals surface area contributed by atoms with Crippen molar-refractivity contribution in [1.82, 2.24) is 5.32 Å². The van der Waals surface area contributed by atoms with Crippen LogP contribution in [0.3, 0.4) is 0 Å². The van der Waals surface area contributed by atoms with Crippen molar-refractivity contribution in [2.75, 3.05) is 4.90 Å². The molecule has 1 aromatic rings. The summed E-state index contributed by atoms with van der Waals surface area (Å²) in [6.45, 7) is 0. The summed E-state index contributed by atoms with van der Waals surface area (Å²) in [7, 11) is 0. The standard InChI is InChI=1S/C11H10N2O3S/c14-9(15)6-8-10(16)12-11(17)13(8)7-4-2-1-3-5-7/h1-5,8H,6H2,(H,14,15)(H,12,16,17)/t8-/m1/s1. The number of aliphatic carboxylic acids is 1. The van der Waals surface area contributed by atoms with Crippen LogP contribution in [0.15, 0.2) is 30.3 Å². The van der Waals surface area contributed by atoms with Gasteiger partial charge < -0.3 is 15.3 Å². The first-order valence-electron chi connectivity index (χ1n) is 5.00. The van der Waals surface area contributed by atoms with E-state index < -0.39 is 12.0 Å². The van der Waals surface area contributed by atoms with Crippen molar-refractivity contribution in [2.24, 2.45) is 0 Å². The van der Waals surface area contributed by atoms with Gasteiger partial charge >= 0.3 is 5.97 Å². The molecule has 0 bridgehead atoms. The topological polar surface area (TPSA) is 69.6 Å². The highest BCUT2D eigenvalue weighted by Crippen LogP contribution is 2.22. The molecule has 1 aliphatic heterocycles. The quantitative estimate of drug-likeness (QED) is 0.775. The molecular formula is C11H10N2O3S. The number of carbonyl (C=O) groups is 2. The summed E-state index contributed by atoms with van der Waals surface area (Å²) in [4.78, 5) is 23.9. The molecule has 1 heterocycles. The van der Waals surface area contributed by atoms with E-state index in [4.69, 9.17) is 17.3 Å². The fraction of sp³-hybridized carbons (Fsp3) is 0.182. The Kier molecular flexibility index (Phi) is 3.06. The van der Waals surface area contributed by atoms with Gasteiger partial charge in [0.25, 0.3) is 0 Å². The number of amides is 1. The highest BCUT2D eigenvalue weighted by Gasteiger charge is 2.38. The molecular weight excluding hydrogens is 240 g/mol. The van der Waals surface area contributed by atoms with Crippen LogP contribution >= 0.6 is 12.2 Å². The Hall–Kier alpha value is -1.95. The first-order chi connectivity index (χ1) is 8.09. The summed E-state index contributed by atoms with van der Waals surface area (Å²) in [6, 6.07) is 8.23. The molecule has 1 fully saturated rings. The molecule has 1 amide bonds. The number of carboxylic acids is 1. The van der Waals surface area contributed by atoms with Crippen LogP contribution < -0.4 is 10.2 Å². The lowest BCUT2D eigenvalue weighted by atomic mass is 10.1. The monoisotopic (exact) mass is 250 g/mol. The minimum atomic E-state index is -1.03. The number of nitrogens with zero attached hydrogens (tertiary/aromatic N) is 1. The van der Waals surface area contributed by atoms with Gasteiger partial charge in [0.2, 0.25) is 5.91 Å². The molecule has 0 saturated carbocycles. The Morgan fingerprint density at radius 3 is 2.65 bits per heavy atom. The number of hydrogen-bond acceptors (Lipinski definition) is 3. The molecule has 0 spiro atoms. The van der Waals surface area contributed by atoms with Crippen LogP contribution in [0.4, 0.5) is 5.69 Å². The maximum atomic E-state index is 11.6. The van der Waals surface area contributed by atoms with Gasteiger partial charge in [0.15, 0.2) is 5.11 Å². The number of anilines is 1. The average molecular weight is 250 g/mol. The zero-order valence-corrected chi connectivity index (χ0v) is 9.61. The van der Waals surface area contributed by atoms with Crippen LogP contribution in [-0.4, -0.2) is 28.1 Å². The van der Waals surface area contributed by atoms with Crippen molar-refractivity contribution >= 4 is 34.9 Å². The third kappa shape index (κ3) is 2.26. The van der Waals surface area contributed by atoms with E-state index >= 15 is 0 Å². The highest BCUT2D eigenvalue weighted by atomic mass is 32.1. The smallest absolute Gasteiger partial charge is 0.306 e. The molecule has 0 aliphatic carbocycles. The molecule has 1 atom stereocenters. The van der Waals surface area contributed by atoms with Gasteiger partial charge in [-0.3, -0.25) is 9.59 Å². The second-order valence-electron chi connectivity index (χ2n) is 3.61. The molecule has 2 rings (SSSR count). The van der Waals surface area contributed by atoms with E-state index in [0.29, 0.717) is 5.69 Å². The molecule has 2 N–H and O–H groups in total. The van der Waals surface area contributed by atoms with Crippen LogP contribution in [0.2, 0.25) is 0 Å². The van der Waals surface area contributed by atoms with E-state index in [1.807, 2.05) is 6.07 Å². The Morgan fingerprint density at radius 2 is 2.06 bits per heavy atom. The largest absolute Gasteiger partial charge is 0.481 e. The summed E-state index contributed by atoms with van der Waals surface area (Å²) in [5.74, 6) is -1.41. The minimum Gasteiger partial charge on any atom is -0.481 e. The molecule has 17 heavy (non-hydrogen) atoms. The van der Waals surface area contributed by atoms with Crippen molar-refractivity contribution in [2.45, 2.75) is 12.5 Å². The minimum absolute atomic E-state index is 0.243. The van der Waals surface area contributed by atoms with Crippen molar-refractivity contribution in [3.05, 3.63) is 30.3 Å². The average Bonchev–Trinajstić information content (AvgIpc) is 2.54. The normalized spacial score (nSPS) is 19.3. The summed E-state index contributed by atoms with van der Waals surface area (Å²) in [6.07, 6.45) is -0.277. The lowest BCUT2D eigenvalue weighted by molar-refractivity contribution is -0.139. The first-order valence-corrected chi connectivity index (χ1v) is 5.41. The second-order valence-corrected chi connectivity index (χ2v) is 4.00. The Labute approximate surface area is 103 Å². The maximum Gasteiger partial charge on any atom is 0.306 e. The van der Waals surface area contributed by atoms with E-state index in [-0.39, 0.29) is 17.4 Å². The Bertz CT molecular complexity index is 475. The van der Waals surface area contributed by atoms with Crippen LogP contribution in [0, 0.1) is 0 Å². The predicted octanol–water partition coefficient (Wildman–Crippen LogP) is 0.751. The number of benzene rings is 1. The molecule has 1 saturated heterocycles. The van der Waals surface area contributed by atoms with Gasteiger partial charge in [0.1, 0.15) is 6.04 Å². The number of carbonyl (C=O) groups excluding carboxylic acids is 1. The molecule has 0 aromatic heterocycles. The number of nitrogens with one attached hydrogen (secondary N) is 1. The highest BCUT2D eigenvalue weighted by molar-refractivity contribution is 7.80. The first kappa shape index (κ1) is 11.5. The number of thiocarbonyl (C=S) groups is 1. The third-order valence-electron chi connectivity index (χ3n) is 2.47. The van der Waals surface area contributed by atoms with Crippen molar-refractivity contribution < 1.29 is 14.7 Å². The molecule has 0 unspecified atom stereocenters. The van der Waals surface area contributed by atoms with Gasteiger partial charge in [0, 0.05) is 5.69 Å². The SMILES string of the molecule is O=C(O)C[C@@H]1C(=O)NC(=S)N1c1ccccc1. The van der Waals surface area contributed by atoms with E-state index in [9.17, 15) is 9.59 Å². The number of carboxylic acid groups (broad SMARTS) is 1. The zero-order valence-electron chi connectivity index (χ0n) is 8.79. The lowest BCUT2D eigenvalue weighted by Gasteiger charge is -2.22. The summed E-state index contributed by atoms with van der Waals surface area (Å²) < 4.78 is 0. The van der Waals surface area contributed by atoms with Crippen LogP contribution in [0.5, 0.6) is 0 Å². The zero-order chi connectivity index (χ0) is 12.4. The van der Waals surface area contributed by atoms with Crippen LogP contribution in [0.25, 0.3) is 0 Å². The van der Waals surface area contributed by atoms with E-state index in [2.05, 4.69) is 5.32 Å². The van der Waals surface area contributed by atoms with Gasteiger partial charge in [-0.2, -0.15) is 0 Å². The lowest BCUT2D eigenvalue weighted by Crippen LogP contribution is -2.36. The second kappa shape index (κ2) is 4.50. The number of rotatable bonds is 3. The summed E-state index contributed by atoms with van der Waals surface area (Å²) in [5.41, 5.74) is 0.710. The fourth-order valence-corrected chi connectivity index (χ4v) is 2.08. The van der Waals surface area contributed by atoms with Crippen molar-refractivity contribution in [3.63, 3.8) is 0 Å². The third-order valence-corrected chi connectivity index (χ3v) is 2.76. The molecule has 88 valence electrons. The fourth-order valence-electron chi connectivity index (χ4n) is 1.74. The van der Waals surface area contributed by atoms with Crippen molar-refractivity contribution in [3.8, 4) is 0 Å². The van der Waals surface area contributed by atoms with E-state index in [1.165, 1.54) is 4.90 Å². The van der Waals surface area contributed by atoms with Crippen LogP contribution in [0.1, 0.15) is 6.42 Å². The van der Waals surface area contributed by atoms with Gasteiger partial charge in [-0.05, 0) is 24.4 Å². The Balaban J connectivity index is 2.32. The predicted molar refractivity (Wildman–Crippen MR) is 65.7 cm³/mol. The molecule has 1 aromatic carbocycles. The number of para-hydroxylation sites is 1. The summed E-state index contributed by atoms with van der Waals surface area (Å²) in [5, 5.41) is 11.5. The maximum absolute atomic E-state index is 11.6. The van der Waals surface area contributed by atoms with E-state index in [1.54, 1.807) is 24.3 Å². The Morgan fingerprint density at radius 1 is 1.41 bits per heavy atom. The van der Waals surface area contributed by atoms with Gasteiger partial charge in [-0.1, -0.05) is 18.2 Å². The van der Waals surface area contributed by atoms with Gasteiger partial charge in [-0.25, -0.2) is 0 Å². The van der Waals surface area contributed by atoms with Crippen molar-refractivity contribution in [1.29, 1.82) is 0 Å². The molecule has 5 nitrogen and oxygen atoms in total. The van der Waals surface area contributed by atoms with Gasteiger partial charge in [-0.15, -0.1) is 0 Å². The van der Waals surface area contributed by atoms with E-state index in [0.717, 1.165) is 0 Å². The number of hydrogen-bond donors (Lipinski definition) is 2. The molecule has 1 aliphatic rings. The summed E-state index contributed by atoms with van der Waals surface area (Å²) >= 11 is 5.03.